The van der Waals surface area contributed by atoms with E-state index in [0.717, 1.165) is 12.1 Å². The second kappa shape index (κ2) is 8.54. The number of likely N-dealkylation sites (tertiary alicyclic amines) is 1. The van der Waals surface area contributed by atoms with Crippen molar-refractivity contribution in [3.05, 3.63) is 71.7 Å². The van der Waals surface area contributed by atoms with Crippen LogP contribution in [0.4, 0.5) is 22.0 Å². The Morgan fingerprint density at radius 2 is 1.83 bits per heavy atom. The zero-order chi connectivity index (χ0) is 24.9. The molecular weight excluding hydrogens is 471 g/mol. The molecule has 6 nitrogen and oxygen atoms in total. The maximum atomic E-state index is 14.2. The average Bonchev–Trinajstić information content (AvgIpc) is 3.36. The van der Waals surface area contributed by atoms with Gasteiger partial charge in [-0.05, 0) is 56.0 Å². The number of ether oxygens (including phenoxy) is 1. The number of piperidine rings is 1. The Bertz CT molecular complexity index is 1270. The molecule has 11 heteroatoms. The summed E-state index contributed by atoms with van der Waals surface area (Å²) in [5.41, 5.74) is -1.02. The van der Waals surface area contributed by atoms with Gasteiger partial charge in [0.05, 0.1) is 11.6 Å². The molecule has 5 rings (SSSR count). The van der Waals surface area contributed by atoms with E-state index in [1.54, 1.807) is 11.0 Å². The van der Waals surface area contributed by atoms with Crippen molar-refractivity contribution in [3.8, 4) is 17.3 Å². The number of rotatable bonds is 4. The number of benzene rings is 1. The first kappa shape index (κ1) is 23.1. The van der Waals surface area contributed by atoms with Crippen molar-refractivity contribution in [1.82, 2.24) is 19.9 Å². The number of carbonyl (C=O) groups is 1. The Labute approximate surface area is 196 Å². The van der Waals surface area contributed by atoms with E-state index in [0.29, 0.717) is 24.5 Å². The van der Waals surface area contributed by atoms with Crippen LogP contribution < -0.4 is 4.74 Å². The van der Waals surface area contributed by atoms with Gasteiger partial charge in [0.15, 0.2) is 5.82 Å². The summed E-state index contributed by atoms with van der Waals surface area (Å²) in [6.45, 7) is 1.88. The number of amides is 1. The number of nitrogens with zero attached hydrogens (tertiary/aromatic N) is 4. The number of halogens is 5. The fourth-order valence-electron chi connectivity index (χ4n) is 5.01. The molecule has 0 spiro atoms. The van der Waals surface area contributed by atoms with E-state index in [1.807, 2.05) is 6.92 Å². The molecule has 3 aromatic rings. The van der Waals surface area contributed by atoms with Crippen LogP contribution in [-0.2, 0) is 6.18 Å². The highest BCUT2D eigenvalue weighted by Crippen LogP contribution is 2.45. The third-order valence-corrected chi connectivity index (χ3v) is 6.64. The lowest BCUT2D eigenvalue weighted by Crippen LogP contribution is -2.51. The molecule has 3 heterocycles. The average molecular weight is 490 g/mol. The second-order valence-corrected chi connectivity index (χ2v) is 8.66. The standard InChI is InChI=1S/C24H19F5N4O2/c1-12-13-9-18(19(10-13)35-20-6-5-17(21(26)32-20)24(27,28)29)33(12)23(34)16-11-14(25)3-4-15(16)22-30-7-2-8-31-22/h2-8,11-13,18-19H,9-10H2,1H3/t12-,13-,18+,19-/m1/s1. The van der Waals surface area contributed by atoms with Gasteiger partial charge >= 0.3 is 6.18 Å². The molecule has 2 aliphatic rings. The second-order valence-electron chi connectivity index (χ2n) is 8.66. The minimum Gasteiger partial charge on any atom is -0.472 e. The largest absolute Gasteiger partial charge is 0.472 e. The zero-order valence-corrected chi connectivity index (χ0v) is 18.3. The Kier molecular flexibility index (Phi) is 5.65. The summed E-state index contributed by atoms with van der Waals surface area (Å²) < 4.78 is 72.3. The topological polar surface area (TPSA) is 68.2 Å². The Morgan fingerprint density at radius 3 is 2.49 bits per heavy atom. The Morgan fingerprint density at radius 1 is 1.09 bits per heavy atom. The quantitative estimate of drug-likeness (QED) is 0.384. The van der Waals surface area contributed by atoms with Gasteiger partial charge in [-0.15, -0.1) is 0 Å². The van der Waals surface area contributed by atoms with Crippen molar-refractivity contribution in [2.75, 3.05) is 0 Å². The van der Waals surface area contributed by atoms with Gasteiger partial charge in [-0.1, -0.05) is 0 Å². The molecule has 2 fully saturated rings. The van der Waals surface area contributed by atoms with Crippen molar-refractivity contribution in [1.29, 1.82) is 0 Å². The lowest BCUT2D eigenvalue weighted by Gasteiger charge is -2.38. The summed E-state index contributed by atoms with van der Waals surface area (Å²) >= 11 is 0. The van der Waals surface area contributed by atoms with Crippen LogP contribution in [0.2, 0.25) is 0 Å². The maximum Gasteiger partial charge on any atom is 0.420 e. The molecule has 1 aliphatic heterocycles. The third-order valence-electron chi connectivity index (χ3n) is 6.64. The van der Waals surface area contributed by atoms with Crippen LogP contribution in [0.25, 0.3) is 11.4 Å². The van der Waals surface area contributed by atoms with E-state index in [1.165, 1.54) is 24.5 Å². The lowest BCUT2D eigenvalue weighted by atomic mass is 9.97. The molecule has 0 unspecified atom stereocenters. The molecule has 0 N–H and O–H groups in total. The molecule has 35 heavy (non-hydrogen) atoms. The minimum atomic E-state index is -4.87. The Balaban J connectivity index is 1.42. The van der Waals surface area contributed by atoms with Crippen LogP contribution in [-0.4, -0.2) is 43.9 Å². The molecule has 4 atom stereocenters. The first-order valence-corrected chi connectivity index (χ1v) is 10.9. The molecule has 2 aromatic heterocycles. The van der Waals surface area contributed by atoms with Gasteiger partial charge in [0.25, 0.3) is 5.91 Å². The molecule has 182 valence electrons. The fourth-order valence-corrected chi connectivity index (χ4v) is 5.01. The molecule has 1 amide bonds. The molecule has 1 aliphatic carbocycles. The summed E-state index contributed by atoms with van der Waals surface area (Å²) in [5.74, 6) is -2.68. The van der Waals surface area contributed by atoms with Crippen molar-refractivity contribution >= 4 is 5.91 Å². The number of hydrogen-bond acceptors (Lipinski definition) is 5. The van der Waals surface area contributed by atoms with Gasteiger partial charge in [-0.3, -0.25) is 4.79 Å². The number of carbonyl (C=O) groups excluding carboxylic acids is 1. The monoisotopic (exact) mass is 490 g/mol. The first-order chi connectivity index (χ1) is 16.6. The predicted molar refractivity (Wildman–Crippen MR) is 113 cm³/mol. The van der Waals surface area contributed by atoms with Gasteiger partial charge < -0.3 is 9.64 Å². The highest BCUT2D eigenvalue weighted by molar-refractivity contribution is 6.00. The van der Waals surface area contributed by atoms with Gasteiger partial charge in [-0.25, -0.2) is 14.4 Å². The number of fused-ring (bicyclic) bond motifs is 2. The number of aromatic nitrogens is 3. The van der Waals surface area contributed by atoms with E-state index in [4.69, 9.17) is 4.74 Å². The number of pyridine rings is 1. The summed E-state index contributed by atoms with van der Waals surface area (Å²) in [5, 5.41) is 0. The SMILES string of the molecule is C[C@@H]1[C@H]2C[C@@H](Oc3ccc(C(F)(F)F)c(F)n3)[C@H](C2)N1C(=O)c1cc(F)ccc1-c1ncccn1. The fraction of sp³-hybridized carbons (Fsp3) is 0.333. The highest BCUT2D eigenvalue weighted by Gasteiger charge is 2.53. The molecule has 1 saturated carbocycles. The molecule has 1 saturated heterocycles. The molecule has 0 radical (unpaired) electrons. The lowest BCUT2D eigenvalue weighted by molar-refractivity contribution is -0.140. The molecule has 1 aromatic carbocycles. The number of alkyl halides is 3. The molecular formula is C24H19F5N4O2. The van der Waals surface area contributed by atoms with Crippen LogP contribution in [0.3, 0.4) is 0 Å². The smallest absolute Gasteiger partial charge is 0.420 e. The summed E-state index contributed by atoms with van der Waals surface area (Å²) in [7, 11) is 0. The zero-order valence-electron chi connectivity index (χ0n) is 18.3. The van der Waals surface area contributed by atoms with Crippen molar-refractivity contribution < 1.29 is 31.5 Å². The molecule has 2 bridgehead atoms. The van der Waals surface area contributed by atoms with Crippen LogP contribution in [0.5, 0.6) is 5.88 Å². The van der Waals surface area contributed by atoms with Crippen LogP contribution in [0.15, 0.2) is 48.8 Å². The van der Waals surface area contributed by atoms with Gasteiger partial charge in [-0.2, -0.15) is 22.5 Å². The van der Waals surface area contributed by atoms with Gasteiger partial charge in [0.2, 0.25) is 11.8 Å². The predicted octanol–water partition coefficient (Wildman–Crippen LogP) is 4.91. The Hall–Kier alpha value is -3.63. The van der Waals surface area contributed by atoms with E-state index >= 15 is 0 Å². The van der Waals surface area contributed by atoms with E-state index in [-0.39, 0.29) is 29.2 Å². The van der Waals surface area contributed by atoms with E-state index in [9.17, 15) is 26.7 Å². The maximum absolute atomic E-state index is 14.2. The highest BCUT2D eigenvalue weighted by atomic mass is 19.4. The number of hydrogen-bond donors (Lipinski definition) is 0. The van der Waals surface area contributed by atoms with Crippen molar-refractivity contribution in [2.24, 2.45) is 5.92 Å². The van der Waals surface area contributed by atoms with Crippen molar-refractivity contribution in [2.45, 2.75) is 44.1 Å². The third kappa shape index (κ3) is 4.19. The van der Waals surface area contributed by atoms with E-state index in [2.05, 4.69) is 15.0 Å². The minimum absolute atomic E-state index is 0.0539. The van der Waals surface area contributed by atoms with Crippen LogP contribution in [0, 0.1) is 17.7 Å². The van der Waals surface area contributed by atoms with Crippen LogP contribution >= 0.6 is 0 Å². The normalized spacial score (nSPS) is 23.5. The van der Waals surface area contributed by atoms with E-state index < -0.39 is 41.6 Å². The summed E-state index contributed by atoms with van der Waals surface area (Å²) in [6, 6.07) is 6.34. The van der Waals surface area contributed by atoms with Crippen LogP contribution in [0.1, 0.15) is 35.7 Å². The summed E-state index contributed by atoms with van der Waals surface area (Å²) in [6.07, 6.45) is -1.33. The first-order valence-electron chi connectivity index (χ1n) is 10.9. The van der Waals surface area contributed by atoms with Crippen molar-refractivity contribution in [3.63, 3.8) is 0 Å². The summed E-state index contributed by atoms with van der Waals surface area (Å²) in [4.78, 5) is 26.9. The van der Waals surface area contributed by atoms with Gasteiger partial charge in [0, 0.05) is 30.1 Å². The van der Waals surface area contributed by atoms with Gasteiger partial charge in [0.1, 0.15) is 17.5 Å².